The summed E-state index contributed by atoms with van der Waals surface area (Å²) >= 11 is 3.38. The van der Waals surface area contributed by atoms with Gasteiger partial charge in [-0.15, -0.1) is 0 Å². The molecule has 3 rings (SSSR count). The van der Waals surface area contributed by atoms with Gasteiger partial charge in [-0.05, 0) is 34.0 Å². The maximum atomic E-state index is 12.1. The third kappa shape index (κ3) is 4.05. The Morgan fingerprint density at radius 1 is 1.00 bits per heavy atom. The molecule has 114 valence electrons. The Morgan fingerprint density at radius 3 is 2.57 bits per heavy atom. The molecule has 3 aromatic carbocycles. The van der Waals surface area contributed by atoms with Crippen molar-refractivity contribution >= 4 is 38.8 Å². The Bertz CT molecular complexity index is 851. The Kier molecular flexibility index (Phi) is 4.83. The maximum absolute atomic E-state index is 12.1. The van der Waals surface area contributed by atoms with Gasteiger partial charge >= 0.3 is 0 Å². The second-order valence-corrected chi connectivity index (χ2v) is 6.08. The normalized spacial score (nSPS) is 11.0. The van der Waals surface area contributed by atoms with Gasteiger partial charge in [-0.25, -0.2) is 5.43 Å². The van der Waals surface area contributed by atoms with Crippen molar-refractivity contribution in [2.75, 3.05) is 0 Å². The fourth-order valence-corrected chi connectivity index (χ4v) is 2.65. The zero-order valence-corrected chi connectivity index (χ0v) is 14.0. The highest BCUT2D eigenvalue weighted by Gasteiger charge is 2.05. The lowest BCUT2D eigenvalue weighted by atomic mass is 10.0. The minimum atomic E-state index is -0.130. The van der Waals surface area contributed by atoms with Crippen LogP contribution in [0.4, 0.5) is 0 Å². The molecular formula is C19H15BrN2O. The van der Waals surface area contributed by atoms with Gasteiger partial charge < -0.3 is 0 Å². The molecule has 0 aliphatic rings. The summed E-state index contributed by atoms with van der Waals surface area (Å²) in [5, 5.41) is 6.24. The van der Waals surface area contributed by atoms with E-state index in [2.05, 4.69) is 26.5 Å². The predicted molar refractivity (Wildman–Crippen MR) is 97.5 cm³/mol. The summed E-state index contributed by atoms with van der Waals surface area (Å²) in [6.07, 6.45) is 1.94. The highest BCUT2D eigenvalue weighted by atomic mass is 79.9. The van der Waals surface area contributed by atoms with E-state index >= 15 is 0 Å². The van der Waals surface area contributed by atoms with Crippen molar-refractivity contribution in [3.63, 3.8) is 0 Å². The van der Waals surface area contributed by atoms with Crippen molar-refractivity contribution in [2.24, 2.45) is 5.10 Å². The molecule has 0 bridgehead atoms. The van der Waals surface area contributed by atoms with Crippen LogP contribution in [0.1, 0.15) is 11.1 Å². The number of rotatable bonds is 4. The van der Waals surface area contributed by atoms with Gasteiger partial charge in [0, 0.05) is 4.47 Å². The first-order chi connectivity index (χ1) is 11.2. The average molecular weight is 367 g/mol. The topological polar surface area (TPSA) is 41.5 Å². The second kappa shape index (κ2) is 7.20. The number of fused-ring (bicyclic) bond motifs is 1. The summed E-state index contributed by atoms with van der Waals surface area (Å²) < 4.78 is 1.01. The lowest BCUT2D eigenvalue weighted by Crippen LogP contribution is -2.19. The third-order valence-electron chi connectivity index (χ3n) is 3.50. The van der Waals surface area contributed by atoms with Crippen LogP contribution in [-0.4, -0.2) is 12.1 Å². The monoisotopic (exact) mass is 366 g/mol. The van der Waals surface area contributed by atoms with Crippen molar-refractivity contribution in [2.45, 2.75) is 6.42 Å². The molecule has 0 unspecified atom stereocenters. The Hall–Kier alpha value is -2.46. The van der Waals surface area contributed by atoms with Crippen LogP contribution in [0.3, 0.4) is 0 Å². The fourth-order valence-electron chi connectivity index (χ4n) is 2.39. The molecule has 0 fully saturated rings. The van der Waals surface area contributed by atoms with Crippen molar-refractivity contribution in [1.82, 2.24) is 5.43 Å². The van der Waals surface area contributed by atoms with Crippen LogP contribution < -0.4 is 5.43 Å². The first-order valence-corrected chi connectivity index (χ1v) is 8.06. The van der Waals surface area contributed by atoms with Gasteiger partial charge in [0.15, 0.2) is 0 Å². The SMILES string of the molecule is O=C(Cc1cccc2ccccc12)N/N=C\c1ccc(Br)cc1. The van der Waals surface area contributed by atoms with E-state index in [-0.39, 0.29) is 5.91 Å². The molecule has 0 aromatic heterocycles. The number of carbonyl (C=O) groups excluding carboxylic acids is 1. The van der Waals surface area contributed by atoms with Crippen molar-refractivity contribution in [3.05, 3.63) is 82.3 Å². The number of nitrogens with one attached hydrogen (secondary N) is 1. The summed E-state index contributed by atoms with van der Waals surface area (Å²) in [7, 11) is 0. The highest BCUT2D eigenvalue weighted by molar-refractivity contribution is 9.10. The van der Waals surface area contributed by atoms with Gasteiger partial charge in [-0.3, -0.25) is 4.79 Å². The summed E-state index contributed by atoms with van der Waals surface area (Å²) in [5.74, 6) is -0.130. The molecule has 0 aliphatic carbocycles. The van der Waals surface area contributed by atoms with E-state index < -0.39 is 0 Å². The van der Waals surface area contributed by atoms with E-state index in [4.69, 9.17) is 0 Å². The number of carbonyl (C=O) groups is 1. The van der Waals surface area contributed by atoms with Crippen molar-refractivity contribution in [1.29, 1.82) is 0 Å². The number of amides is 1. The lowest BCUT2D eigenvalue weighted by Gasteiger charge is -2.05. The van der Waals surface area contributed by atoms with Gasteiger partial charge in [0.2, 0.25) is 5.91 Å². The fraction of sp³-hybridized carbons (Fsp3) is 0.0526. The number of hydrazone groups is 1. The summed E-state index contributed by atoms with van der Waals surface area (Å²) in [5.41, 5.74) is 4.51. The summed E-state index contributed by atoms with van der Waals surface area (Å²) in [6.45, 7) is 0. The molecule has 4 heteroatoms. The van der Waals surface area contributed by atoms with E-state index in [0.29, 0.717) is 6.42 Å². The van der Waals surface area contributed by atoms with Gasteiger partial charge in [0.1, 0.15) is 0 Å². The standard InChI is InChI=1S/C19H15BrN2O/c20-17-10-8-14(9-11-17)13-21-22-19(23)12-16-6-3-5-15-4-1-2-7-18(15)16/h1-11,13H,12H2,(H,22,23)/b21-13-. The first kappa shape index (κ1) is 15.4. The molecule has 0 heterocycles. The molecule has 3 nitrogen and oxygen atoms in total. The smallest absolute Gasteiger partial charge is 0.244 e. The quantitative estimate of drug-likeness (QED) is 0.542. The molecule has 0 atom stereocenters. The Labute approximate surface area is 143 Å². The Balaban J connectivity index is 1.66. The largest absolute Gasteiger partial charge is 0.273 e. The van der Waals surface area contributed by atoms with Crippen LogP contribution in [0.2, 0.25) is 0 Å². The molecule has 1 N–H and O–H groups in total. The highest BCUT2D eigenvalue weighted by Crippen LogP contribution is 2.18. The minimum Gasteiger partial charge on any atom is -0.273 e. The number of halogens is 1. The maximum Gasteiger partial charge on any atom is 0.244 e. The van der Waals surface area contributed by atoms with Crippen LogP contribution in [0.25, 0.3) is 10.8 Å². The lowest BCUT2D eigenvalue weighted by molar-refractivity contribution is -0.120. The van der Waals surface area contributed by atoms with Gasteiger partial charge in [0.25, 0.3) is 0 Å². The molecule has 3 aromatic rings. The molecule has 0 spiro atoms. The van der Waals surface area contributed by atoms with E-state index in [9.17, 15) is 4.79 Å². The molecule has 23 heavy (non-hydrogen) atoms. The zero-order valence-electron chi connectivity index (χ0n) is 12.4. The minimum absolute atomic E-state index is 0.130. The van der Waals surface area contributed by atoms with Crippen LogP contribution in [-0.2, 0) is 11.2 Å². The number of hydrogen-bond donors (Lipinski definition) is 1. The molecule has 1 amide bonds. The van der Waals surface area contributed by atoms with E-state index in [1.165, 1.54) is 0 Å². The van der Waals surface area contributed by atoms with Crippen LogP contribution in [0, 0.1) is 0 Å². The third-order valence-corrected chi connectivity index (χ3v) is 4.03. The van der Waals surface area contributed by atoms with E-state index in [1.807, 2.05) is 66.7 Å². The van der Waals surface area contributed by atoms with Gasteiger partial charge in [0.05, 0.1) is 12.6 Å². The summed E-state index contributed by atoms with van der Waals surface area (Å²) in [4.78, 5) is 12.1. The van der Waals surface area contributed by atoms with Crippen LogP contribution in [0.15, 0.2) is 76.3 Å². The molecule has 0 saturated carbocycles. The predicted octanol–water partition coefficient (Wildman–Crippen LogP) is 4.30. The summed E-state index contributed by atoms with van der Waals surface area (Å²) in [6, 6.07) is 21.7. The number of nitrogens with zero attached hydrogens (tertiary/aromatic N) is 1. The zero-order chi connectivity index (χ0) is 16.1. The van der Waals surface area contributed by atoms with Crippen LogP contribution >= 0.6 is 15.9 Å². The Morgan fingerprint density at radius 2 is 1.74 bits per heavy atom. The second-order valence-electron chi connectivity index (χ2n) is 5.16. The molecular weight excluding hydrogens is 352 g/mol. The van der Waals surface area contributed by atoms with Crippen molar-refractivity contribution < 1.29 is 4.79 Å². The number of benzene rings is 3. The molecule has 0 saturated heterocycles. The van der Waals surface area contributed by atoms with Crippen LogP contribution in [0.5, 0.6) is 0 Å². The van der Waals surface area contributed by atoms with Crippen molar-refractivity contribution in [3.8, 4) is 0 Å². The molecule has 0 aliphatic heterocycles. The van der Waals surface area contributed by atoms with E-state index in [1.54, 1.807) is 6.21 Å². The number of hydrogen-bond acceptors (Lipinski definition) is 2. The van der Waals surface area contributed by atoms with Gasteiger partial charge in [-0.1, -0.05) is 70.5 Å². The van der Waals surface area contributed by atoms with Gasteiger partial charge in [-0.2, -0.15) is 5.10 Å². The first-order valence-electron chi connectivity index (χ1n) is 7.26. The van der Waals surface area contributed by atoms with E-state index in [0.717, 1.165) is 26.4 Å². The molecule has 0 radical (unpaired) electrons. The average Bonchev–Trinajstić information content (AvgIpc) is 2.57.